The molecule has 4 N–H and O–H groups in total. The van der Waals surface area contributed by atoms with Crippen molar-refractivity contribution in [2.45, 2.75) is 76.3 Å². The van der Waals surface area contributed by atoms with Crippen molar-refractivity contribution in [2.24, 2.45) is 0 Å². The molecular weight excluding hydrogens is 654 g/mol. The van der Waals surface area contributed by atoms with Crippen LogP contribution < -0.4 is 21.3 Å². The summed E-state index contributed by atoms with van der Waals surface area (Å²) in [5.74, 6) is -1.16. The third-order valence-electron chi connectivity index (χ3n) is 10.2. The second-order valence-electron chi connectivity index (χ2n) is 13.6. The van der Waals surface area contributed by atoms with Crippen LogP contribution in [0.4, 0.5) is 5.69 Å². The van der Waals surface area contributed by atoms with Crippen molar-refractivity contribution in [2.75, 3.05) is 19.5 Å². The molecule has 0 saturated heterocycles. The zero-order valence-corrected chi connectivity index (χ0v) is 30.0. The number of methoxy groups -OCH3 is 1. The number of ether oxygens (including phenoxy) is 1. The predicted octanol–water partition coefficient (Wildman–Crippen LogP) is 4.87. The van der Waals surface area contributed by atoms with Crippen molar-refractivity contribution in [3.63, 3.8) is 0 Å². The number of carbonyl (C=O) groups is 4. The SMILES string of the molecule is CNC(C)C(=O)NC(Cc1ccc(NCc2ccc(C(=O)OC)cc2)cc1)C(=O)N1Cc2ccccc2CC1C(=O)NC1CCCc2ccccc21. The molecule has 4 aromatic carbocycles. The maximum atomic E-state index is 14.6. The van der Waals surface area contributed by atoms with Crippen LogP contribution in [-0.2, 0) is 51.5 Å². The Kier molecular flexibility index (Phi) is 11.7. The monoisotopic (exact) mass is 701 g/mol. The quantitative estimate of drug-likeness (QED) is 0.155. The van der Waals surface area contributed by atoms with E-state index in [1.807, 2.05) is 72.8 Å². The minimum absolute atomic E-state index is 0.120. The van der Waals surface area contributed by atoms with Crippen LogP contribution in [0, 0.1) is 0 Å². The van der Waals surface area contributed by atoms with Gasteiger partial charge in [0.05, 0.1) is 24.8 Å². The van der Waals surface area contributed by atoms with Gasteiger partial charge >= 0.3 is 5.97 Å². The molecule has 4 aromatic rings. The molecule has 1 aliphatic heterocycles. The van der Waals surface area contributed by atoms with E-state index in [1.165, 1.54) is 12.7 Å². The molecule has 52 heavy (non-hydrogen) atoms. The number of fused-ring (bicyclic) bond motifs is 2. The molecular formula is C42H47N5O5. The molecule has 2 aliphatic rings. The predicted molar refractivity (Wildman–Crippen MR) is 200 cm³/mol. The van der Waals surface area contributed by atoms with E-state index >= 15 is 0 Å². The number of hydrogen-bond acceptors (Lipinski definition) is 7. The van der Waals surface area contributed by atoms with Crippen LogP contribution >= 0.6 is 0 Å². The average Bonchev–Trinajstić information content (AvgIpc) is 3.19. The van der Waals surface area contributed by atoms with Crippen LogP contribution in [0.5, 0.6) is 0 Å². The molecule has 270 valence electrons. The minimum atomic E-state index is -0.897. The number of benzene rings is 4. The Bertz CT molecular complexity index is 1890. The first kappa shape index (κ1) is 36.3. The number of nitrogens with zero attached hydrogens (tertiary/aromatic N) is 1. The molecule has 4 unspecified atom stereocenters. The molecule has 6 rings (SSSR count). The second kappa shape index (κ2) is 16.7. The molecule has 3 amide bonds. The van der Waals surface area contributed by atoms with Crippen LogP contribution in [0.2, 0.25) is 0 Å². The summed E-state index contributed by atoms with van der Waals surface area (Å²) in [4.78, 5) is 55.5. The lowest BCUT2D eigenvalue weighted by atomic mass is 9.87. The summed E-state index contributed by atoms with van der Waals surface area (Å²) in [7, 11) is 3.06. The number of amides is 3. The van der Waals surface area contributed by atoms with E-state index in [4.69, 9.17) is 4.74 Å². The Labute approximate surface area is 305 Å². The maximum Gasteiger partial charge on any atom is 0.337 e. The van der Waals surface area contributed by atoms with Crippen molar-refractivity contribution in [3.05, 3.63) is 136 Å². The molecule has 0 fully saturated rings. The fourth-order valence-electron chi connectivity index (χ4n) is 7.06. The number of esters is 1. The van der Waals surface area contributed by atoms with E-state index in [9.17, 15) is 19.2 Å². The van der Waals surface area contributed by atoms with Gasteiger partial charge in [-0.3, -0.25) is 14.4 Å². The highest BCUT2D eigenvalue weighted by Gasteiger charge is 2.39. The number of aryl methyl sites for hydroxylation is 1. The molecule has 0 spiro atoms. The summed E-state index contributed by atoms with van der Waals surface area (Å²) in [6.07, 6.45) is 3.45. The standard InChI is InChI=1S/C42H47N5O5/c1-27(43-2)39(48)46-37(23-28-17-21-34(22-18-28)44-25-29-15-19-31(20-16-29)42(51)52-3)41(50)47-26-33-11-5-4-10-32(33)24-38(47)40(49)45-36-14-8-12-30-9-6-7-13-35(30)36/h4-7,9-11,13,15-22,27,36-38,43-44H,8,12,14,23-26H2,1-3H3,(H,45,49)(H,46,48). The first-order valence-corrected chi connectivity index (χ1v) is 18.0. The lowest BCUT2D eigenvalue weighted by Crippen LogP contribution is -2.59. The Morgan fingerprint density at radius 2 is 1.52 bits per heavy atom. The first-order valence-electron chi connectivity index (χ1n) is 18.0. The Morgan fingerprint density at radius 3 is 2.23 bits per heavy atom. The van der Waals surface area contributed by atoms with Crippen molar-refractivity contribution in [1.29, 1.82) is 0 Å². The summed E-state index contributed by atoms with van der Waals surface area (Å²) < 4.78 is 4.78. The largest absolute Gasteiger partial charge is 0.465 e. The first-order chi connectivity index (χ1) is 25.2. The molecule has 10 heteroatoms. The number of hydrogen-bond donors (Lipinski definition) is 4. The summed E-state index contributed by atoms with van der Waals surface area (Å²) in [6.45, 7) is 2.56. The summed E-state index contributed by atoms with van der Waals surface area (Å²) in [6, 6.07) is 28.9. The van der Waals surface area contributed by atoms with E-state index in [0.29, 0.717) is 18.5 Å². The van der Waals surface area contributed by atoms with Crippen molar-refractivity contribution >= 4 is 29.4 Å². The van der Waals surface area contributed by atoms with Gasteiger partial charge in [0.25, 0.3) is 0 Å². The lowest BCUT2D eigenvalue weighted by molar-refractivity contribution is -0.145. The molecule has 0 bridgehead atoms. The number of likely N-dealkylation sites (N-methyl/N-ethyl adjacent to an activating group) is 1. The molecule has 1 heterocycles. The Balaban J connectivity index is 1.20. The fraction of sp³-hybridized carbons (Fsp3) is 0.333. The van der Waals surface area contributed by atoms with Crippen LogP contribution in [0.25, 0.3) is 0 Å². The molecule has 4 atom stereocenters. The topological polar surface area (TPSA) is 129 Å². The smallest absolute Gasteiger partial charge is 0.337 e. The number of anilines is 1. The number of carbonyl (C=O) groups excluding carboxylic acids is 4. The highest BCUT2D eigenvalue weighted by molar-refractivity contribution is 5.94. The van der Waals surface area contributed by atoms with E-state index in [-0.39, 0.29) is 42.7 Å². The summed E-state index contributed by atoms with van der Waals surface area (Å²) in [5.41, 5.74) is 7.65. The van der Waals surface area contributed by atoms with Crippen molar-refractivity contribution < 1.29 is 23.9 Å². The van der Waals surface area contributed by atoms with Gasteiger partial charge in [0.2, 0.25) is 17.7 Å². The third kappa shape index (κ3) is 8.51. The molecule has 0 radical (unpaired) electrons. The summed E-state index contributed by atoms with van der Waals surface area (Å²) >= 11 is 0. The Morgan fingerprint density at radius 1 is 0.846 bits per heavy atom. The molecule has 0 aromatic heterocycles. The fourth-order valence-corrected chi connectivity index (χ4v) is 7.06. The maximum absolute atomic E-state index is 14.6. The minimum Gasteiger partial charge on any atom is -0.465 e. The van der Waals surface area contributed by atoms with Gasteiger partial charge < -0.3 is 30.9 Å². The van der Waals surface area contributed by atoms with E-state index in [0.717, 1.165) is 52.8 Å². The van der Waals surface area contributed by atoms with Crippen molar-refractivity contribution in [3.8, 4) is 0 Å². The van der Waals surface area contributed by atoms with Gasteiger partial charge in [-0.05, 0) is 90.9 Å². The van der Waals surface area contributed by atoms with Gasteiger partial charge in [0.1, 0.15) is 12.1 Å². The molecule has 10 nitrogen and oxygen atoms in total. The number of rotatable bonds is 12. The van der Waals surface area contributed by atoms with Gasteiger partial charge in [-0.2, -0.15) is 0 Å². The van der Waals surface area contributed by atoms with Gasteiger partial charge in [0, 0.05) is 31.6 Å². The van der Waals surface area contributed by atoms with Gasteiger partial charge in [-0.1, -0.05) is 72.8 Å². The second-order valence-corrected chi connectivity index (χ2v) is 13.6. The van der Waals surface area contributed by atoms with Crippen LogP contribution in [-0.4, -0.2) is 60.9 Å². The van der Waals surface area contributed by atoms with Crippen LogP contribution in [0.3, 0.4) is 0 Å². The van der Waals surface area contributed by atoms with Crippen LogP contribution in [0.1, 0.15) is 69.5 Å². The van der Waals surface area contributed by atoms with Crippen LogP contribution in [0.15, 0.2) is 97.1 Å². The highest BCUT2D eigenvalue weighted by Crippen LogP contribution is 2.31. The van der Waals surface area contributed by atoms with E-state index < -0.39 is 18.1 Å². The lowest BCUT2D eigenvalue weighted by Gasteiger charge is -2.39. The number of nitrogens with one attached hydrogen (secondary N) is 4. The van der Waals surface area contributed by atoms with Crippen molar-refractivity contribution in [1.82, 2.24) is 20.9 Å². The van der Waals surface area contributed by atoms with Gasteiger partial charge in [0.15, 0.2) is 0 Å². The van der Waals surface area contributed by atoms with Gasteiger partial charge in [-0.25, -0.2) is 4.79 Å². The average molecular weight is 702 g/mol. The van der Waals surface area contributed by atoms with E-state index in [1.54, 1.807) is 31.0 Å². The molecule has 1 aliphatic carbocycles. The van der Waals surface area contributed by atoms with Gasteiger partial charge in [-0.15, -0.1) is 0 Å². The highest BCUT2D eigenvalue weighted by atomic mass is 16.5. The Hall–Kier alpha value is -5.48. The normalized spacial score (nSPS) is 17.5. The third-order valence-corrected chi connectivity index (χ3v) is 10.2. The zero-order chi connectivity index (χ0) is 36.6. The summed E-state index contributed by atoms with van der Waals surface area (Å²) in [5, 5.41) is 12.6. The zero-order valence-electron chi connectivity index (χ0n) is 30.0. The van der Waals surface area contributed by atoms with E-state index in [2.05, 4.69) is 33.4 Å². The molecule has 0 saturated carbocycles.